The van der Waals surface area contributed by atoms with E-state index in [-0.39, 0.29) is 0 Å². The van der Waals surface area contributed by atoms with E-state index < -0.39 is 32.3 Å². The van der Waals surface area contributed by atoms with E-state index in [1.54, 1.807) is 0 Å². The Morgan fingerprint density at radius 2 is 0.850 bits per heavy atom. The topological polar surface area (TPSA) is 47.6 Å². The van der Waals surface area contributed by atoms with E-state index in [1.165, 1.54) is 25.7 Å². The molecular formula is C34H58N2Si4. The lowest BCUT2D eigenvalue weighted by Crippen LogP contribution is -2.36. The first-order chi connectivity index (χ1) is 18.3. The molecule has 4 rings (SSSR count). The van der Waals surface area contributed by atoms with Gasteiger partial charge in [-0.1, -0.05) is 124 Å². The van der Waals surface area contributed by atoms with Crippen LogP contribution in [0, 0.1) is 58.2 Å². The van der Waals surface area contributed by atoms with Gasteiger partial charge < -0.3 is 0 Å². The van der Waals surface area contributed by atoms with Gasteiger partial charge in [0.2, 0.25) is 0 Å². The highest BCUT2D eigenvalue weighted by molar-refractivity contribution is 6.90. The minimum absolute atomic E-state index is 0.473. The molecule has 4 aliphatic rings. The van der Waals surface area contributed by atoms with Gasteiger partial charge in [-0.05, 0) is 61.2 Å². The third-order valence-corrected chi connectivity index (χ3v) is 19.3. The highest BCUT2D eigenvalue weighted by Gasteiger charge is 2.47. The van der Waals surface area contributed by atoms with Gasteiger partial charge in [0.25, 0.3) is 0 Å². The molecule has 0 saturated carbocycles. The summed E-state index contributed by atoms with van der Waals surface area (Å²) >= 11 is 0. The summed E-state index contributed by atoms with van der Waals surface area (Å²) in [4.78, 5) is 0. The molecule has 0 spiro atoms. The van der Waals surface area contributed by atoms with Gasteiger partial charge in [0.15, 0.2) is 0 Å². The summed E-state index contributed by atoms with van der Waals surface area (Å²) in [5.74, 6) is 3.86. The highest BCUT2D eigenvalue weighted by Crippen LogP contribution is 2.53. The first-order valence-electron chi connectivity index (χ1n) is 15.9. The van der Waals surface area contributed by atoms with E-state index >= 15 is 0 Å². The van der Waals surface area contributed by atoms with Gasteiger partial charge in [0, 0.05) is 12.8 Å². The van der Waals surface area contributed by atoms with Crippen LogP contribution >= 0.6 is 0 Å². The van der Waals surface area contributed by atoms with E-state index in [0.717, 1.165) is 11.8 Å². The summed E-state index contributed by atoms with van der Waals surface area (Å²) in [5, 5.41) is 25.8. The zero-order valence-corrected chi connectivity index (χ0v) is 31.9. The lowest BCUT2D eigenvalue weighted by Gasteiger charge is -2.34. The van der Waals surface area contributed by atoms with Crippen molar-refractivity contribution in [2.75, 3.05) is 0 Å². The molecule has 0 unspecified atom stereocenters. The molecule has 0 N–H and O–H groups in total. The Morgan fingerprint density at radius 3 is 1.10 bits per heavy atom. The van der Waals surface area contributed by atoms with Crippen molar-refractivity contribution in [2.45, 2.75) is 117 Å². The molecule has 0 aromatic heterocycles. The minimum Gasteiger partial charge on any atom is -0.198 e. The normalized spacial score (nSPS) is 30.4. The van der Waals surface area contributed by atoms with E-state index in [4.69, 9.17) is 0 Å². The third-order valence-electron chi connectivity index (χ3n) is 9.74. The van der Waals surface area contributed by atoms with Gasteiger partial charge in [-0.25, -0.2) is 0 Å². The maximum Gasteiger partial charge on any atom is 0.0722 e. The summed E-state index contributed by atoms with van der Waals surface area (Å²) in [7, 11) is -5.13. The Labute approximate surface area is 251 Å². The maximum absolute atomic E-state index is 9.17. The smallest absolute Gasteiger partial charge is 0.0722 e. The summed E-state index contributed by atoms with van der Waals surface area (Å²) < 4.78 is 0. The van der Waals surface area contributed by atoms with Gasteiger partial charge in [-0.2, -0.15) is 10.5 Å². The summed E-state index contributed by atoms with van der Waals surface area (Å²) in [6, 6.07) is 4.85. The van der Waals surface area contributed by atoms with Crippen LogP contribution in [0.15, 0.2) is 45.1 Å². The molecule has 4 bridgehead atoms. The average Bonchev–Trinajstić information content (AvgIpc) is 3.23. The second-order valence-electron chi connectivity index (χ2n) is 17.1. The van der Waals surface area contributed by atoms with Gasteiger partial charge in [0.05, 0.1) is 44.4 Å². The molecule has 0 saturated heterocycles. The van der Waals surface area contributed by atoms with Crippen LogP contribution in [0.3, 0.4) is 0 Å². The zero-order chi connectivity index (χ0) is 30.3. The zero-order valence-electron chi connectivity index (χ0n) is 27.9. The van der Waals surface area contributed by atoms with E-state index in [1.807, 2.05) is 20.8 Å². The van der Waals surface area contributed by atoms with Crippen LogP contribution in [-0.2, 0) is 0 Å². The molecule has 2 nitrogen and oxygen atoms in total. The van der Waals surface area contributed by atoms with Crippen molar-refractivity contribution in [2.24, 2.45) is 35.5 Å². The lowest BCUT2D eigenvalue weighted by molar-refractivity contribution is 0.435. The molecule has 4 aliphatic carbocycles. The van der Waals surface area contributed by atoms with Gasteiger partial charge in [-0.15, -0.1) is 0 Å². The number of nitrogens with zero attached hydrogens (tertiary/aromatic N) is 2. The molecule has 0 amide bonds. The molecule has 0 aromatic rings. The van der Waals surface area contributed by atoms with Crippen molar-refractivity contribution in [3.8, 4) is 12.1 Å². The van der Waals surface area contributed by atoms with Crippen molar-refractivity contribution in [3.05, 3.63) is 45.1 Å². The fraction of sp³-hybridized carbons (Fsp3) is 0.706. The van der Waals surface area contributed by atoms with E-state index in [2.05, 4.69) is 115 Å². The monoisotopic (exact) mass is 606 g/mol. The van der Waals surface area contributed by atoms with Crippen LogP contribution in [0.4, 0.5) is 0 Å². The summed E-state index contributed by atoms with van der Waals surface area (Å²) in [6.07, 6.45) is 15.9. The molecule has 6 atom stereocenters. The fourth-order valence-corrected chi connectivity index (χ4v) is 23.1. The number of hydrogen-bond acceptors (Lipinski definition) is 2. The quantitative estimate of drug-likeness (QED) is 0.223. The Kier molecular flexibility index (Phi) is 10.2. The number of rotatable bonds is 6. The van der Waals surface area contributed by atoms with E-state index in [0.29, 0.717) is 36.5 Å². The average molecular weight is 607 g/mol. The van der Waals surface area contributed by atoms with Crippen molar-refractivity contribution in [1.82, 2.24) is 0 Å². The van der Waals surface area contributed by atoms with E-state index in [9.17, 15) is 10.5 Å². The SMILES string of the molecule is C[Si](C)(C)C1=C([Si](C)(C)C)[C@@H]2C[C@H]1CC=C[C@H]2CC#N.C[Si](C)(C)C1=C([Si](C)(C)C)[C@@H]2C[C@H]1CC=C[C@H]2CC#N. The van der Waals surface area contributed by atoms with Gasteiger partial charge >= 0.3 is 0 Å². The number of nitriles is 2. The molecule has 220 valence electrons. The van der Waals surface area contributed by atoms with Crippen LogP contribution in [0.1, 0.15) is 38.5 Å². The standard InChI is InChI=1S/2C17H29NSi2/c2*1-19(2,3)16-14-9-7-8-13(10-11-18)15(12-14)17(16)20(4,5)6/h2*7-8,13-15H,9-10,12H2,1-6H3/t2*13-,14+,15+/m00/s1. The maximum atomic E-state index is 9.17. The van der Waals surface area contributed by atoms with Crippen LogP contribution < -0.4 is 0 Å². The molecule has 0 fully saturated rings. The van der Waals surface area contributed by atoms with Crippen molar-refractivity contribution in [1.29, 1.82) is 10.5 Å². The minimum atomic E-state index is -1.31. The van der Waals surface area contributed by atoms with Gasteiger partial charge in [-0.3, -0.25) is 0 Å². The van der Waals surface area contributed by atoms with Crippen LogP contribution in [0.5, 0.6) is 0 Å². The van der Waals surface area contributed by atoms with Crippen LogP contribution in [0.25, 0.3) is 0 Å². The Morgan fingerprint density at radius 1 is 0.550 bits per heavy atom. The summed E-state index contributed by atoms with van der Waals surface area (Å²) in [6.45, 7) is 30.1. The molecule has 0 aromatic carbocycles. The molecule has 40 heavy (non-hydrogen) atoms. The van der Waals surface area contributed by atoms with Crippen molar-refractivity contribution < 1.29 is 0 Å². The predicted molar refractivity (Wildman–Crippen MR) is 186 cm³/mol. The lowest BCUT2D eigenvalue weighted by atomic mass is 9.89. The molecule has 0 heterocycles. The number of fused-ring (bicyclic) bond motifs is 4. The third kappa shape index (κ3) is 7.23. The fourth-order valence-electron chi connectivity index (χ4n) is 8.82. The largest absolute Gasteiger partial charge is 0.198 e. The Bertz CT molecular complexity index is 1060. The molecule has 0 aliphatic heterocycles. The van der Waals surface area contributed by atoms with Crippen molar-refractivity contribution >= 4 is 32.3 Å². The van der Waals surface area contributed by atoms with Crippen LogP contribution in [0.2, 0.25) is 78.6 Å². The van der Waals surface area contributed by atoms with Crippen LogP contribution in [-0.4, -0.2) is 32.3 Å². The number of hydrogen-bond donors (Lipinski definition) is 0. The molecule has 6 heteroatoms. The van der Waals surface area contributed by atoms with Crippen molar-refractivity contribution in [3.63, 3.8) is 0 Å². The molecular weight excluding hydrogens is 549 g/mol. The molecule has 0 radical (unpaired) electrons. The Balaban J connectivity index is 0.000000220. The first kappa shape index (κ1) is 33.3. The second-order valence-corrected chi connectivity index (χ2v) is 37.3. The Hall–Kier alpha value is -1.19. The first-order valence-corrected chi connectivity index (χ1v) is 29.9. The summed E-state index contributed by atoms with van der Waals surface area (Å²) in [5.41, 5.74) is 0. The van der Waals surface area contributed by atoms with Gasteiger partial charge in [0.1, 0.15) is 0 Å². The predicted octanol–water partition coefficient (Wildman–Crippen LogP) is 10.3. The second kappa shape index (κ2) is 12.2. The highest BCUT2D eigenvalue weighted by atomic mass is 28.3. The number of allylic oxidation sites excluding steroid dienone is 8.